The molecule has 0 bridgehead atoms. The lowest BCUT2D eigenvalue weighted by molar-refractivity contribution is 0.197. The van der Waals surface area contributed by atoms with E-state index in [0.29, 0.717) is 5.92 Å². The Hall–Kier alpha value is -1.20. The molecule has 1 aliphatic heterocycles. The third-order valence-electron chi connectivity index (χ3n) is 3.27. The Kier molecular flexibility index (Phi) is 5.36. The first kappa shape index (κ1) is 13.2. The third kappa shape index (κ3) is 3.92. The minimum Gasteiger partial charge on any atom is -0.383 e. The summed E-state index contributed by atoms with van der Waals surface area (Å²) in [6.45, 7) is 4.86. The van der Waals surface area contributed by atoms with E-state index < -0.39 is 0 Å². The van der Waals surface area contributed by atoms with Crippen molar-refractivity contribution < 1.29 is 4.74 Å². The van der Waals surface area contributed by atoms with Crippen molar-refractivity contribution in [2.24, 2.45) is 5.92 Å². The van der Waals surface area contributed by atoms with Gasteiger partial charge in [-0.15, -0.1) is 0 Å². The summed E-state index contributed by atoms with van der Waals surface area (Å²) in [4.78, 5) is 10.9. The first-order chi connectivity index (χ1) is 8.90. The fourth-order valence-electron chi connectivity index (χ4n) is 2.35. The van der Waals surface area contributed by atoms with Crippen molar-refractivity contribution in [3.8, 4) is 0 Å². The van der Waals surface area contributed by atoms with E-state index in [1.165, 1.54) is 12.8 Å². The molecule has 1 aromatic rings. The number of methoxy groups -OCH3 is 1. The molecule has 1 unspecified atom stereocenters. The van der Waals surface area contributed by atoms with E-state index >= 15 is 0 Å². The molecule has 1 N–H and O–H groups in total. The van der Waals surface area contributed by atoms with Crippen LogP contribution in [0.1, 0.15) is 12.8 Å². The van der Waals surface area contributed by atoms with E-state index in [1.54, 1.807) is 7.11 Å². The van der Waals surface area contributed by atoms with Crippen LogP contribution >= 0.6 is 0 Å². The van der Waals surface area contributed by atoms with Gasteiger partial charge in [-0.2, -0.15) is 0 Å². The molecule has 0 radical (unpaired) electrons. The van der Waals surface area contributed by atoms with E-state index in [-0.39, 0.29) is 0 Å². The second-order valence-electron chi connectivity index (χ2n) is 4.70. The topological polar surface area (TPSA) is 50.3 Å². The van der Waals surface area contributed by atoms with Gasteiger partial charge in [0.2, 0.25) is 5.95 Å². The minimum atomic E-state index is 0.680. The van der Waals surface area contributed by atoms with Crippen LogP contribution in [0.15, 0.2) is 18.5 Å². The van der Waals surface area contributed by atoms with Gasteiger partial charge in [0.25, 0.3) is 0 Å². The lowest BCUT2D eigenvalue weighted by Gasteiger charge is -2.32. The number of aromatic nitrogens is 2. The molecule has 1 aromatic heterocycles. The molecule has 0 spiro atoms. The predicted molar refractivity (Wildman–Crippen MR) is 71.7 cm³/mol. The number of nitrogens with one attached hydrogen (secondary N) is 1. The van der Waals surface area contributed by atoms with E-state index in [9.17, 15) is 0 Å². The quantitative estimate of drug-likeness (QED) is 0.761. The lowest BCUT2D eigenvalue weighted by atomic mass is 9.98. The van der Waals surface area contributed by atoms with Crippen molar-refractivity contribution in [3.63, 3.8) is 0 Å². The summed E-state index contributed by atoms with van der Waals surface area (Å²) >= 11 is 0. The summed E-state index contributed by atoms with van der Waals surface area (Å²) in [6.07, 6.45) is 6.11. The Morgan fingerprint density at radius 3 is 3.06 bits per heavy atom. The summed E-state index contributed by atoms with van der Waals surface area (Å²) in [5.41, 5.74) is 0. The fraction of sp³-hybridized carbons (Fsp3) is 0.692. The number of anilines is 1. The Balaban J connectivity index is 1.78. The van der Waals surface area contributed by atoms with Gasteiger partial charge >= 0.3 is 0 Å². The zero-order valence-electron chi connectivity index (χ0n) is 11.0. The minimum absolute atomic E-state index is 0.680. The molecule has 5 heteroatoms. The van der Waals surface area contributed by atoms with Gasteiger partial charge in [0.1, 0.15) is 0 Å². The smallest absolute Gasteiger partial charge is 0.225 e. The Bertz CT molecular complexity index is 333. The molecule has 0 amide bonds. The summed E-state index contributed by atoms with van der Waals surface area (Å²) in [5.74, 6) is 1.54. The van der Waals surface area contributed by atoms with Crippen LogP contribution in [0.5, 0.6) is 0 Å². The molecular weight excluding hydrogens is 228 g/mol. The molecule has 1 aliphatic rings. The van der Waals surface area contributed by atoms with Gasteiger partial charge in [0.15, 0.2) is 0 Å². The molecule has 1 atom stereocenters. The van der Waals surface area contributed by atoms with E-state index in [4.69, 9.17) is 4.74 Å². The summed E-state index contributed by atoms with van der Waals surface area (Å²) in [7, 11) is 1.73. The summed E-state index contributed by atoms with van der Waals surface area (Å²) in [6, 6.07) is 1.86. The van der Waals surface area contributed by atoms with Crippen LogP contribution in [0.25, 0.3) is 0 Å². The normalized spacial score (nSPS) is 20.1. The zero-order chi connectivity index (χ0) is 12.6. The standard InChI is InChI=1S/C13H22N4O/c1-18-9-7-14-10-12-4-2-8-17(11-12)13-15-5-3-6-16-13/h3,5-6,12,14H,2,4,7-11H2,1H3. The number of nitrogens with zero attached hydrogens (tertiary/aromatic N) is 3. The van der Waals surface area contributed by atoms with Gasteiger partial charge in [0, 0.05) is 39.1 Å². The maximum Gasteiger partial charge on any atom is 0.225 e. The molecule has 5 nitrogen and oxygen atoms in total. The third-order valence-corrected chi connectivity index (χ3v) is 3.27. The number of rotatable bonds is 6. The van der Waals surface area contributed by atoms with Crippen LogP contribution in [0.4, 0.5) is 5.95 Å². The molecular formula is C13H22N4O. The molecule has 1 fully saturated rings. The van der Waals surface area contributed by atoms with Gasteiger partial charge in [-0.3, -0.25) is 0 Å². The highest BCUT2D eigenvalue weighted by molar-refractivity contribution is 5.29. The maximum absolute atomic E-state index is 5.03. The van der Waals surface area contributed by atoms with Gasteiger partial charge in [0.05, 0.1) is 6.61 Å². The summed E-state index contributed by atoms with van der Waals surface area (Å²) < 4.78 is 5.03. The number of hydrogen-bond acceptors (Lipinski definition) is 5. The Morgan fingerprint density at radius 1 is 1.44 bits per heavy atom. The monoisotopic (exact) mass is 250 g/mol. The highest BCUT2D eigenvalue weighted by Crippen LogP contribution is 2.19. The van der Waals surface area contributed by atoms with Crippen molar-refractivity contribution >= 4 is 5.95 Å². The summed E-state index contributed by atoms with van der Waals surface area (Å²) in [5, 5.41) is 3.44. The van der Waals surface area contributed by atoms with Gasteiger partial charge in [-0.25, -0.2) is 9.97 Å². The second-order valence-corrected chi connectivity index (χ2v) is 4.70. The van der Waals surface area contributed by atoms with Crippen LogP contribution < -0.4 is 10.2 Å². The van der Waals surface area contributed by atoms with E-state index in [0.717, 1.165) is 38.7 Å². The van der Waals surface area contributed by atoms with E-state index in [1.807, 2.05) is 18.5 Å². The largest absolute Gasteiger partial charge is 0.383 e. The first-order valence-corrected chi connectivity index (χ1v) is 6.62. The molecule has 0 aliphatic carbocycles. The van der Waals surface area contributed by atoms with Crippen molar-refractivity contribution in [2.75, 3.05) is 44.8 Å². The first-order valence-electron chi connectivity index (χ1n) is 6.62. The van der Waals surface area contributed by atoms with Crippen molar-refractivity contribution in [3.05, 3.63) is 18.5 Å². The molecule has 0 saturated carbocycles. The van der Waals surface area contributed by atoms with Crippen LogP contribution in [0.2, 0.25) is 0 Å². The lowest BCUT2D eigenvalue weighted by Crippen LogP contribution is -2.40. The van der Waals surface area contributed by atoms with Gasteiger partial charge < -0.3 is 15.0 Å². The second kappa shape index (κ2) is 7.28. The molecule has 18 heavy (non-hydrogen) atoms. The zero-order valence-corrected chi connectivity index (χ0v) is 11.0. The number of hydrogen-bond donors (Lipinski definition) is 1. The van der Waals surface area contributed by atoms with Crippen molar-refractivity contribution in [1.29, 1.82) is 0 Å². The fourth-order valence-corrected chi connectivity index (χ4v) is 2.35. The van der Waals surface area contributed by atoms with Crippen LogP contribution in [-0.4, -0.2) is 49.9 Å². The SMILES string of the molecule is COCCNCC1CCCN(c2ncccn2)C1. The highest BCUT2D eigenvalue weighted by atomic mass is 16.5. The maximum atomic E-state index is 5.03. The van der Waals surface area contributed by atoms with Crippen LogP contribution in [-0.2, 0) is 4.74 Å². The average molecular weight is 250 g/mol. The van der Waals surface area contributed by atoms with Gasteiger partial charge in [-0.1, -0.05) is 0 Å². The Morgan fingerprint density at radius 2 is 2.28 bits per heavy atom. The van der Waals surface area contributed by atoms with Crippen molar-refractivity contribution in [1.82, 2.24) is 15.3 Å². The highest BCUT2D eigenvalue weighted by Gasteiger charge is 2.20. The van der Waals surface area contributed by atoms with Crippen molar-refractivity contribution in [2.45, 2.75) is 12.8 Å². The molecule has 100 valence electrons. The molecule has 2 heterocycles. The Labute approximate surface area is 109 Å². The molecule has 2 rings (SSSR count). The average Bonchev–Trinajstić information content (AvgIpc) is 2.45. The van der Waals surface area contributed by atoms with Crippen LogP contribution in [0, 0.1) is 5.92 Å². The molecule has 1 saturated heterocycles. The van der Waals surface area contributed by atoms with Crippen LogP contribution in [0.3, 0.4) is 0 Å². The van der Waals surface area contributed by atoms with Gasteiger partial charge in [-0.05, 0) is 31.4 Å². The number of ether oxygens (including phenoxy) is 1. The predicted octanol–water partition coefficient (Wildman–Crippen LogP) is 0.929. The van der Waals surface area contributed by atoms with E-state index in [2.05, 4.69) is 20.2 Å². The number of piperidine rings is 1. The molecule has 0 aromatic carbocycles.